The number of nitrogens with one attached hydrogen (secondary N) is 1. The van der Waals surface area contributed by atoms with Crippen LogP contribution in [0.5, 0.6) is 11.5 Å². The van der Waals surface area contributed by atoms with E-state index in [1.54, 1.807) is 14.2 Å². The third-order valence-corrected chi connectivity index (χ3v) is 3.96. The summed E-state index contributed by atoms with van der Waals surface area (Å²) >= 11 is 0. The molecule has 0 heterocycles. The molecule has 0 saturated heterocycles. The maximum absolute atomic E-state index is 5.51. The second-order valence-corrected chi connectivity index (χ2v) is 4.96. The quantitative estimate of drug-likeness (QED) is 0.870. The van der Waals surface area contributed by atoms with E-state index in [0.29, 0.717) is 11.8 Å². The largest absolute Gasteiger partial charge is 0.497 e. The van der Waals surface area contributed by atoms with Crippen molar-refractivity contribution in [1.82, 2.24) is 5.32 Å². The van der Waals surface area contributed by atoms with Gasteiger partial charge in [-0.1, -0.05) is 6.42 Å². The van der Waals surface area contributed by atoms with E-state index < -0.39 is 0 Å². The van der Waals surface area contributed by atoms with Crippen molar-refractivity contribution < 1.29 is 9.47 Å². The van der Waals surface area contributed by atoms with Crippen LogP contribution in [0.25, 0.3) is 0 Å². The summed E-state index contributed by atoms with van der Waals surface area (Å²) in [6, 6.07) is 6.12. The molecule has 1 aromatic carbocycles. The molecule has 1 aliphatic rings. The molecule has 1 saturated carbocycles. The first-order valence-corrected chi connectivity index (χ1v) is 6.66. The highest BCUT2D eigenvalue weighted by molar-refractivity contribution is 5.43. The normalized spacial score (nSPS) is 23.1. The predicted molar refractivity (Wildman–Crippen MR) is 73.6 cm³/mol. The molecule has 2 atom stereocenters. The lowest BCUT2D eigenvalue weighted by Crippen LogP contribution is -2.21. The van der Waals surface area contributed by atoms with Crippen LogP contribution in [0.4, 0.5) is 0 Å². The first-order chi connectivity index (χ1) is 8.80. The zero-order valence-electron chi connectivity index (χ0n) is 11.5. The number of hydrogen-bond acceptors (Lipinski definition) is 3. The van der Waals surface area contributed by atoms with E-state index in [1.165, 1.54) is 24.8 Å². The third-order valence-electron chi connectivity index (χ3n) is 3.96. The Morgan fingerprint density at radius 1 is 1.22 bits per heavy atom. The molecule has 0 radical (unpaired) electrons. The summed E-state index contributed by atoms with van der Waals surface area (Å²) in [5.74, 6) is 3.20. The van der Waals surface area contributed by atoms with Crippen LogP contribution < -0.4 is 14.8 Å². The summed E-state index contributed by atoms with van der Waals surface area (Å²) < 4.78 is 10.8. The predicted octanol–water partition coefficient (Wildman–Crippen LogP) is 2.81. The second kappa shape index (κ2) is 6.10. The van der Waals surface area contributed by atoms with E-state index >= 15 is 0 Å². The van der Waals surface area contributed by atoms with E-state index in [4.69, 9.17) is 9.47 Å². The van der Waals surface area contributed by atoms with E-state index in [2.05, 4.69) is 11.4 Å². The van der Waals surface area contributed by atoms with E-state index in [9.17, 15) is 0 Å². The fraction of sp³-hybridized carbons (Fsp3) is 0.600. The van der Waals surface area contributed by atoms with Crippen LogP contribution in [-0.2, 0) is 0 Å². The van der Waals surface area contributed by atoms with Crippen molar-refractivity contribution in [3.05, 3.63) is 23.8 Å². The summed E-state index contributed by atoms with van der Waals surface area (Å²) in [7, 11) is 5.48. The maximum Gasteiger partial charge on any atom is 0.122 e. The van der Waals surface area contributed by atoms with Crippen LogP contribution in [0.15, 0.2) is 18.2 Å². The van der Waals surface area contributed by atoms with Crippen molar-refractivity contribution >= 4 is 0 Å². The van der Waals surface area contributed by atoms with Crippen molar-refractivity contribution in [1.29, 1.82) is 0 Å². The molecule has 1 aliphatic carbocycles. The topological polar surface area (TPSA) is 30.5 Å². The summed E-state index contributed by atoms with van der Waals surface area (Å²) in [5, 5.41) is 3.30. The summed E-state index contributed by atoms with van der Waals surface area (Å²) in [6.45, 7) is 1.07. The van der Waals surface area contributed by atoms with E-state index in [1.807, 2.05) is 19.2 Å². The van der Waals surface area contributed by atoms with Crippen LogP contribution in [0.2, 0.25) is 0 Å². The summed E-state index contributed by atoms with van der Waals surface area (Å²) in [4.78, 5) is 0. The third kappa shape index (κ3) is 2.61. The molecule has 0 aliphatic heterocycles. The smallest absolute Gasteiger partial charge is 0.122 e. The van der Waals surface area contributed by atoms with Gasteiger partial charge in [0.2, 0.25) is 0 Å². The lowest BCUT2D eigenvalue weighted by molar-refractivity contribution is 0.384. The fourth-order valence-electron chi connectivity index (χ4n) is 3.08. The number of ether oxygens (including phenoxy) is 2. The monoisotopic (exact) mass is 249 g/mol. The average molecular weight is 249 g/mol. The lowest BCUT2D eigenvalue weighted by Gasteiger charge is -2.22. The number of benzene rings is 1. The molecule has 1 N–H and O–H groups in total. The fourth-order valence-corrected chi connectivity index (χ4v) is 3.08. The minimum Gasteiger partial charge on any atom is -0.497 e. The van der Waals surface area contributed by atoms with Gasteiger partial charge in [-0.2, -0.15) is 0 Å². The van der Waals surface area contributed by atoms with Crippen LogP contribution in [0, 0.1) is 5.92 Å². The Morgan fingerprint density at radius 2 is 2.06 bits per heavy atom. The van der Waals surface area contributed by atoms with E-state index in [-0.39, 0.29) is 0 Å². The Morgan fingerprint density at radius 3 is 2.72 bits per heavy atom. The number of hydrogen-bond donors (Lipinski definition) is 1. The van der Waals surface area contributed by atoms with Gasteiger partial charge in [0.05, 0.1) is 14.2 Å². The minimum absolute atomic E-state index is 0.586. The summed E-state index contributed by atoms with van der Waals surface area (Å²) in [6.07, 6.45) is 3.85. The molecule has 100 valence electrons. The molecule has 0 bridgehead atoms. The average Bonchev–Trinajstić information content (AvgIpc) is 2.86. The highest BCUT2D eigenvalue weighted by atomic mass is 16.5. The Balaban J connectivity index is 2.29. The first-order valence-electron chi connectivity index (χ1n) is 6.66. The lowest BCUT2D eigenvalue weighted by atomic mass is 9.88. The zero-order valence-corrected chi connectivity index (χ0v) is 11.5. The van der Waals surface area contributed by atoms with Gasteiger partial charge in [0.15, 0.2) is 0 Å². The van der Waals surface area contributed by atoms with Gasteiger partial charge in [-0.05, 0) is 56.5 Å². The number of methoxy groups -OCH3 is 2. The Labute approximate surface area is 109 Å². The Kier molecular flexibility index (Phi) is 4.48. The SMILES string of the molecule is CNCC1CCCC1c1cc(OC)ccc1OC. The molecule has 1 fully saturated rings. The maximum atomic E-state index is 5.51. The highest BCUT2D eigenvalue weighted by Gasteiger charge is 2.30. The van der Waals surface area contributed by atoms with Gasteiger partial charge in [-0.3, -0.25) is 0 Å². The molecule has 3 nitrogen and oxygen atoms in total. The van der Waals surface area contributed by atoms with Crippen LogP contribution in [0.3, 0.4) is 0 Å². The molecule has 0 amide bonds. The molecule has 3 heteroatoms. The van der Waals surface area contributed by atoms with Crippen molar-refractivity contribution in [2.24, 2.45) is 5.92 Å². The molecule has 2 rings (SSSR count). The Bertz CT molecular complexity index is 392. The van der Waals surface area contributed by atoms with Crippen LogP contribution in [-0.4, -0.2) is 27.8 Å². The molecule has 0 spiro atoms. The summed E-state index contributed by atoms with van der Waals surface area (Å²) in [5.41, 5.74) is 1.30. The molecule has 18 heavy (non-hydrogen) atoms. The highest BCUT2D eigenvalue weighted by Crippen LogP contribution is 2.43. The van der Waals surface area contributed by atoms with Gasteiger partial charge < -0.3 is 14.8 Å². The number of rotatable bonds is 5. The van der Waals surface area contributed by atoms with Crippen LogP contribution in [0.1, 0.15) is 30.7 Å². The van der Waals surface area contributed by atoms with Gasteiger partial charge in [0, 0.05) is 5.56 Å². The molecule has 1 aromatic rings. The van der Waals surface area contributed by atoms with Crippen molar-refractivity contribution in [3.63, 3.8) is 0 Å². The molecule has 0 aromatic heterocycles. The first kappa shape index (κ1) is 13.2. The van der Waals surface area contributed by atoms with Gasteiger partial charge in [-0.25, -0.2) is 0 Å². The van der Waals surface area contributed by atoms with Gasteiger partial charge >= 0.3 is 0 Å². The standard InChI is InChI=1S/C15H23NO2/c1-16-10-11-5-4-6-13(11)14-9-12(17-2)7-8-15(14)18-3/h7-9,11,13,16H,4-6,10H2,1-3H3. The second-order valence-electron chi connectivity index (χ2n) is 4.96. The van der Waals surface area contributed by atoms with Gasteiger partial charge in [-0.15, -0.1) is 0 Å². The molecule has 2 unspecified atom stereocenters. The van der Waals surface area contributed by atoms with Crippen LogP contribution >= 0.6 is 0 Å². The van der Waals surface area contributed by atoms with Gasteiger partial charge in [0.25, 0.3) is 0 Å². The van der Waals surface area contributed by atoms with E-state index in [0.717, 1.165) is 18.0 Å². The van der Waals surface area contributed by atoms with Crippen molar-refractivity contribution in [2.45, 2.75) is 25.2 Å². The molecular formula is C15H23NO2. The zero-order chi connectivity index (χ0) is 13.0. The Hall–Kier alpha value is -1.22. The van der Waals surface area contributed by atoms with Gasteiger partial charge in [0.1, 0.15) is 11.5 Å². The molecular weight excluding hydrogens is 226 g/mol. The van der Waals surface area contributed by atoms with Crippen molar-refractivity contribution in [3.8, 4) is 11.5 Å². The minimum atomic E-state index is 0.586. The van der Waals surface area contributed by atoms with Crippen molar-refractivity contribution in [2.75, 3.05) is 27.8 Å².